The SMILES string of the molecule is Cc1oc(-c2ccc3c(c2)OCO3)nc1CCOS(C)(=O)=O. The summed E-state index contributed by atoms with van der Waals surface area (Å²) >= 11 is 0. The molecule has 2 heterocycles. The first-order valence-electron chi connectivity index (χ1n) is 6.63. The Morgan fingerprint density at radius 2 is 2.05 bits per heavy atom. The van der Waals surface area contributed by atoms with E-state index in [2.05, 4.69) is 4.98 Å². The first kappa shape index (κ1) is 14.9. The van der Waals surface area contributed by atoms with E-state index < -0.39 is 10.1 Å². The third-order valence-electron chi connectivity index (χ3n) is 3.15. The van der Waals surface area contributed by atoms with Gasteiger partial charge >= 0.3 is 0 Å². The minimum absolute atomic E-state index is 0.0345. The average Bonchev–Trinajstić information content (AvgIpc) is 3.03. The van der Waals surface area contributed by atoms with Gasteiger partial charge in [-0.05, 0) is 25.1 Å². The van der Waals surface area contributed by atoms with E-state index in [-0.39, 0.29) is 13.4 Å². The first-order chi connectivity index (χ1) is 10.4. The van der Waals surface area contributed by atoms with Crippen LogP contribution in [0.2, 0.25) is 0 Å². The smallest absolute Gasteiger partial charge is 0.264 e. The van der Waals surface area contributed by atoms with Crippen LogP contribution in [0.15, 0.2) is 22.6 Å². The Bertz CT molecular complexity index is 796. The largest absolute Gasteiger partial charge is 0.454 e. The number of hydrogen-bond donors (Lipinski definition) is 0. The van der Waals surface area contributed by atoms with Gasteiger partial charge in [-0.1, -0.05) is 0 Å². The fraction of sp³-hybridized carbons (Fsp3) is 0.357. The van der Waals surface area contributed by atoms with Crippen molar-refractivity contribution in [2.75, 3.05) is 19.7 Å². The molecule has 1 aliphatic heterocycles. The van der Waals surface area contributed by atoms with Crippen molar-refractivity contribution < 1.29 is 26.5 Å². The second-order valence-corrected chi connectivity index (χ2v) is 6.51. The highest BCUT2D eigenvalue weighted by molar-refractivity contribution is 7.85. The van der Waals surface area contributed by atoms with Crippen LogP contribution in [-0.4, -0.2) is 33.1 Å². The maximum absolute atomic E-state index is 10.9. The van der Waals surface area contributed by atoms with Gasteiger partial charge in [0.15, 0.2) is 11.5 Å². The molecule has 22 heavy (non-hydrogen) atoms. The number of hydrogen-bond acceptors (Lipinski definition) is 7. The van der Waals surface area contributed by atoms with Gasteiger partial charge in [-0.25, -0.2) is 4.98 Å². The topological polar surface area (TPSA) is 87.9 Å². The highest BCUT2D eigenvalue weighted by atomic mass is 32.2. The molecule has 3 rings (SSSR count). The molecule has 0 unspecified atom stereocenters. The summed E-state index contributed by atoms with van der Waals surface area (Å²) in [6.07, 6.45) is 1.37. The van der Waals surface area contributed by atoms with Crippen LogP contribution in [-0.2, 0) is 20.7 Å². The summed E-state index contributed by atoms with van der Waals surface area (Å²) in [6.45, 7) is 2.02. The Hall–Kier alpha value is -2.06. The third-order valence-corrected chi connectivity index (χ3v) is 3.74. The van der Waals surface area contributed by atoms with Crippen LogP contribution in [0.5, 0.6) is 11.5 Å². The Balaban J connectivity index is 1.77. The van der Waals surface area contributed by atoms with Gasteiger partial charge in [-0.3, -0.25) is 4.18 Å². The Kier molecular flexibility index (Phi) is 3.79. The minimum atomic E-state index is -3.45. The standard InChI is InChI=1S/C14H15NO6S/c1-9-11(5-6-20-22(2,16)17)15-14(21-9)10-3-4-12-13(7-10)19-8-18-12/h3-4,7H,5-6,8H2,1-2H3. The number of fused-ring (bicyclic) bond motifs is 1. The van der Waals surface area contributed by atoms with Gasteiger partial charge < -0.3 is 13.9 Å². The van der Waals surface area contributed by atoms with E-state index in [1.807, 2.05) is 6.07 Å². The summed E-state index contributed by atoms with van der Waals surface area (Å²) in [5, 5.41) is 0. The van der Waals surface area contributed by atoms with E-state index >= 15 is 0 Å². The molecule has 0 atom stereocenters. The Morgan fingerprint density at radius 1 is 1.27 bits per heavy atom. The predicted molar refractivity (Wildman–Crippen MR) is 77.3 cm³/mol. The van der Waals surface area contributed by atoms with Crippen LogP contribution in [0.25, 0.3) is 11.5 Å². The molecule has 0 N–H and O–H groups in total. The molecule has 0 aliphatic carbocycles. The molecule has 0 amide bonds. The summed E-state index contributed by atoms with van der Waals surface area (Å²) < 4.78 is 42.8. The normalized spacial score (nSPS) is 13.5. The van der Waals surface area contributed by atoms with Gasteiger partial charge in [0.2, 0.25) is 12.7 Å². The molecule has 7 nitrogen and oxygen atoms in total. The molecule has 1 aromatic heterocycles. The van der Waals surface area contributed by atoms with Crippen LogP contribution < -0.4 is 9.47 Å². The summed E-state index contributed by atoms with van der Waals surface area (Å²) in [5.41, 5.74) is 1.43. The molecule has 0 bridgehead atoms. The Labute approximate surface area is 127 Å². The lowest BCUT2D eigenvalue weighted by Gasteiger charge is -1.99. The van der Waals surface area contributed by atoms with Crippen molar-refractivity contribution in [3.8, 4) is 23.0 Å². The van der Waals surface area contributed by atoms with Gasteiger partial charge in [0, 0.05) is 12.0 Å². The van der Waals surface area contributed by atoms with Crippen LogP contribution in [0.3, 0.4) is 0 Å². The fourth-order valence-corrected chi connectivity index (χ4v) is 2.49. The van der Waals surface area contributed by atoms with Crippen molar-refractivity contribution >= 4 is 10.1 Å². The summed E-state index contributed by atoms with van der Waals surface area (Å²) in [5.74, 6) is 2.42. The highest BCUT2D eigenvalue weighted by Gasteiger charge is 2.17. The third kappa shape index (κ3) is 3.23. The lowest BCUT2D eigenvalue weighted by molar-refractivity contribution is 0.174. The minimum Gasteiger partial charge on any atom is -0.454 e. The van der Waals surface area contributed by atoms with E-state index in [0.29, 0.717) is 35.3 Å². The van der Waals surface area contributed by atoms with E-state index in [9.17, 15) is 8.42 Å². The number of benzene rings is 1. The predicted octanol–water partition coefficient (Wildman–Crippen LogP) is 1.90. The zero-order chi connectivity index (χ0) is 15.7. The highest BCUT2D eigenvalue weighted by Crippen LogP contribution is 2.36. The van der Waals surface area contributed by atoms with Gasteiger partial charge in [0.25, 0.3) is 10.1 Å². The van der Waals surface area contributed by atoms with Crippen molar-refractivity contribution in [1.82, 2.24) is 4.98 Å². The van der Waals surface area contributed by atoms with Crippen LogP contribution >= 0.6 is 0 Å². The number of aromatic nitrogens is 1. The van der Waals surface area contributed by atoms with E-state index in [4.69, 9.17) is 18.1 Å². The maximum Gasteiger partial charge on any atom is 0.264 e. The fourth-order valence-electron chi connectivity index (χ4n) is 2.10. The number of nitrogens with zero attached hydrogens (tertiary/aromatic N) is 1. The van der Waals surface area contributed by atoms with Gasteiger partial charge in [0.05, 0.1) is 18.6 Å². The molecule has 0 saturated heterocycles. The molecule has 2 aromatic rings. The summed E-state index contributed by atoms with van der Waals surface area (Å²) in [7, 11) is -3.45. The van der Waals surface area contributed by atoms with Crippen LogP contribution in [0.1, 0.15) is 11.5 Å². The van der Waals surface area contributed by atoms with E-state index in [1.54, 1.807) is 19.1 Å². The van der Waals surface area contributed by atoms with Crippen molar-refractivity contribution in [3.63, 3.8) is 0 Å². The molecule has 1 aliphatic rings. The van der Waals surface area contributed by atoms with Crippen molar-refractivity contribution in [1.29, 1.82) is 0 Å². The van der Waals surface area contributed by atoms with E-state index in [1.165, 1.54) is 0 Å². The maximum atomic E-state index is 10.9. The molecule has 0 radical (unpaired) electrons. The average molecular weight is 325 g/mol. The second-order valence-electron chi connectivity index (χ2n) is 4.87. The Morgan fingerprint density at radius 3 is 2.82 bits per heavy atom. The van der Waals surface area contributed by atoms with Gasteiger partial charge in [-0.15, -0.1) is 0 Å². The van der Waals surface area contributed by atoms with Crippen molar-refractivity contribution in [3.05, 3.63) is 29.7 Å². The molecule has 0 saturated carbocycles. The lowest BCUT2D eigenvalue weighted by Crippen LogP contribution is -2.06. The molecule has 0 spiro atoms. The summed E-state index contributed by atoms with van der Waals surface area (Å²) in [4.78, 5) is 4.39. The molecular formula is C14H15NO6S. The number of oxazole rings is 1. The second kappa shape index (κ2) is 5.62. The van der Waals surface area contributed by atoms with Crippen molar-refractivity contribution in [2.24, 2.45) is 0 Å². The quantitative estimate of drug-likeness (QED) is 0.776. The zero-order valence-corrected chi connectivity index (χ0v) is 13.0. The number of ether oxygens (including phenoxy) is 2. The zero-order valence-electron chi connectivity index (χ0n) is 12.2. The van der Waals surface area contributed by atoms with Gasteiger partial charge in [-0.2, -0.15) is 8.42 Å². The van der Waals surface area contributed by atoms with E-state index in [0.717, 1.165) is 11.8 Å². The number of aryl methyl sites for hydroxylation is 1. The first-order valence-corrected chi connectivity index (χ1v) is 8.45. The molecule has 118 valence electrons. The number of rotatable bonds is 5. The molecule has 1 aromatic carbocycles. The summed E-state index contributed by atoms with van der Waals surface area (Å²) in [6, 6.07) is 5.42. The van der Waals surface area contributed by atoms with Gasteiger partial charge in [0.1, 0.15) is 5.76 Å². The molecule has 0 fully saturated rings. The van der Waals surface area contributed by atoms with Crippen LogP contribution in [0.4, 0.5) is 0 Å². The van der Waals surface area contributed by atoms with Crippen molar-refractivity contribution in [2.45, 2.75) is 13.3 Å². The molecule has 8 heteroatoms. The molecular weight excluding hydrogens is 310 g/mol. The van der Waals surface area contributed by atoms with Crippen LogP contribution in [0, 0.1) is 6.92 Å². The monoisotopic (exact) mass is 325 g/mol. The lowest BCUT2D eigenvalue weighted by atomic mass is 10.2.